The first-order valence-corrected chi connectivity index (χ1v) is 6.06. The molecule has 0 unspecified atom stereocenters. The van der Waals surface area contributed by atoms with Gasteiger partial charge in [-0.25, -0.2) is 0 Å². The maximum atomic E-state index is 11.8. The van der Waals surface area contributed by atoms with Gasteiger partial charge < -0.3 is 9.73 Å². The van der Waals surface area contributed by atoms with E-state index in [0.717, 1.165) is 5.56 Å². The summed E-state index contributed by atoms with van der Waals surface area (Å²) < 4.78 is 5.66. The second-order valence-corrected chi connectivity index (χ2v) is 4.73. The van der Waals surface area contributed by atoms with Crippen molar-refractivity contribution in [3.8, 4) is 0 Å². The fourth-order valence-corrected chi connectivity index (χ4v) is 1.83. The zero-order valence-electron chi connectivity index (χ0n) is 8.96. The van der Waals surface area contributed by atoms with Gasteiger partial charge in [0.25, 0.3) is 5.91 Å². The molecular formula is C12H9BrClNO2. The van der Waals surface area contributed by atoms with E-state index in [1.54, 1.807) is 24.3 Å². The molecular weight excluding hydrogens is 305 g/mol. The summed E-state index contributed by atoms with van der Waals surface area (Å²) in [7, 11) is 0. The van der Waals surface area contributed by atoms with E-state index >= 15 is 0 Å². The summed E-state index contributed by atoms with van der Waals surface area (Å²) in [5, 5.41) is 3.19. The van der Waals surface area contributed by atoms with Gasteiger partial charge in [0.05, 0.1) is 10.7 Å². The van der Waals surface area contributed by atoms with Crippen LogP contribution in [-0.4, -0.2) is 5.91 Å². The smallest absolute Gasteiger partial charge is 0.291 e. The number of amides is 1. The van der Waals surface area contributed by atoms with Crippen molar-refractivity contribution in [3.05, 3.63) is 51.3 Å². The Bertz CT molecular complexity index is 565. The molecule has 0 saturated carbocycles. The van der Waals surface area contributed by atoms with Crippen LogP contribution in [-0.2, 0) is 0 Å². The molecule has 2 rings (SSSR count). The van der Waals surface area contributed by atoms with Crippen LogP contribution in [0.2, 0.25) is 5.02 Å². The van der Waals surface area contributed by atoms with E-state index in [-0.39, 0.29) is 11.7 Å². The van der Waals surface area contributed by atoms with Crippen LogP contribution >= 0.6 is 27.5 Å². The Morgan fingerprint density at radius 1 is 1.35 bits per heavy atom. The quantitative estimate of drug-likeness (QED) is 0.900. The van der Waals surface area contributed by atoms with Crippen LogP contribution in [0.5, 0.6) is 0 Å². The lowest BCUT2D eigenvalue weighted by molar-refractivity contribution is 0.0995. The summed E-state index contributed by atoms with van der Waals surface area (Å²) in [4.78, 5) is 11.8. The van der Waals surface area contributed by atoms with Crippen molar-refractivity contribution in [1.29, 1.82) is 0 Å². The number of carbonyl (C=O) groups excluding carboxylic acids is 1. The Balaban J connectivity index is 2.21. The summed E-state index contributed by atoms with van der Waals surface area (Å²) in [6.07, 6.45) is 0. The average Bonchev–Trinajstić information content (AvgIpc) is 2.70. The topological polar surface area (TPSA) is 42.2 Å². The van der Waals surface area contributed by atoms with Gasteiger partial charge in [0, 0.05) is 0 Å². The first-order chi connectivity index (χ1) is 8.06. The molecule has 1 aromatic heterocycles. The highest BCUT2D eigenvalue weighted by Gasteiger charge is 2.12. The van der Waals surface area contributed by atoms with E-state index in [2.05, 4.69) is 21.2 Å². The number of rotatable bonds is 2. The Hall–Kier alpha value is -1.26. The molecule has 0 aliphatic carbocycles. The van der Waals surface area contributed by atoms with Crippen molar-refractivity contribution in [2.24, 2.45) is 0 Å². The fourth-order valence-electron chi connectivity index (χ4n) is 1.36. The number of halogens is 2. The molecule has 0 atom stereocenters. The van der Waals surface area contributed by atoms with Crippen LogP contribution in [0.25, 0.3) is 0 Å². The van der Waals surface area contributed by atoms with E-state index in [0.29, 0.717) is 15.4 Å². The number of nitrogens with one attached hydrogen (secondary N) is 1. The molecule has 2 aromatic rings. The normalized spacial score (nSPS) is 10.3. The molecule has 0 aliphatic rings. The molecule has 17 heavy (non-hydrogen) atoms. The molecule has 0 aliphatic heterocycles. The lowest BCUT2D eigenvalue weighted by atomic mass is 10.2. The molecule has 88 valence electrons. The van der Waals surface area contributed by atoms with E-state index in [4.69, 9.17) is 16.0 Å². The second-order valence-electron chi connectivity index (χ2n) is 3.54. The predicted octanol–water partition coefficient (Wildman–Crippen LogP) is 4.26. The van der Waals surface area contributed by atoms with Crippen LogP contribution in [0.15, 0.2) is 39.4 Å². The first-order valence-electron chi connectivity index (χ1n) is 4.89. The minimum absolute atomic E-state index is 0.231. The van der Waals surface area contributed by atoms with Gasteiger partial charge >= 0.3 is 0 Å². The third-order valence-corrected chi connectivity index (χ3v) is 2.92. The fraction of sp³-hybridized carbons (Fsp3) is 0.0833. The van der Waals surface area contributed by atoms with Crippen molar-refractivity contribution in [2.75, 3.05) is 5.32 Å². The average molecular weight is 315 g/mol. The number of aryl methyl sites for hydroxylation is 1. The predicted molar refractivity (Wildman–Crippen MR) is 70.6 cm³/mol. The number of benzene rings is 1. The van der Waals surface area contributed by atoms with Gasteiger partial charge in [-0.2, -0.15) is 0 Å². The number of carbonyl (C=O) groups is 1. The summed E-state index contributed by atoms with van der Waals surface area (Å²) >= 11 is 9.12. The molecule has 1 amide bonds. The van der Waals surface area contributed by atoms with Crippen LogP contribution in [0.1, 0.15) is 16.1 Å². The molecule has 1 heterocycles. The highest BCUT2D eigenvalue weighted by molar-refractivity contribution is 9.10. The van der Waals surface area contributed by atoms with Gasteiger partial charge in [0.2, 0.25) is 0 Å². The molecule has 0 saturated heterocycles. The highest BCUT2D eigenvalue weighted by atomic mass is 79.9. The Labute approximate surface area is 112 Å². The van der Waals surface area contributed by atoms with E-state index in [1.807, 2.05) is 13.0 Å². The van der Waals surface area contributed by atoms with Gasteiger partial charge in [0.1, 0.15) is 0 Å². The summed E-state index contributed by atoms with van der Waals surface area (Å²) in [5.74, 6) is -0.0994. The number of furan rings is 1. The molecule has 0 radical (unpaired) electrons. The van der Waals surface area contributed by atoms with E-state index in [1.165, 1.54) is 0 Å². The minimum atomic E-state index is -0.330. The third kappa shape index (κ3) is 2.90. The molecule has 0 fully saturated rings. The largest absolute Gasteiger partial charge is 0.444 e. The van der Waals surface area contributed by atoms with Gasteiger partial charge in [0.15, 0.2) is 10.4 Å². The SMILES string of the molecule is Cc1ccc(Cl)c(NC(=O)c2ccc(Br)o2)c1. The van der Waals surface area contributed by atoms with E-state index in [9.17, 15) is 4.79 Å². The third-order valence-electron chi connectivity index (χ3n) is 2.17. The first kappa shape index (κ1) is 12.2. The van der Waals surface area contributed by atoms with Crippen molar-refractivity contribution in [3.63, 3.8) is 0 Å². The van der Waals surface area contributed by atoms with Crippen LogP contribution in [0.4, 0.5) is 5.69 Å². The summed E-state index contributed by atoms with van der Waals surface area (Å²) in [6, 6.07) is 8.67. The monoisotopic (exact) mass is 313 g/mol. The van der Waals surface area contributed by atoms with Crippen LogP contribution in [0, 0.1) is 6.92 Å². The van der Waals surface area contributed by atoms with Crippen LogP contribution in [0.3, 0.4) is 0 Å². The highest BCUT2D eigenvalue weighted by Crippen LogP contribution is 2.24. The number of hydrogen-bond acceptors (Lipinski definition) is 2. The van der Waals surface area contributed by atoms with Gasteiger partial charge in [-0.05, 0) is 52.7 Å². The Kier molecular flexibility index (Phi) is 3.54. The maximum absolute atomic E-state index is 11.8. The second kappa shape index (κ2) is 4.94. The van der Waals surface area contributed by atoms with Crippen molar-refractivity contribution < 1.29 is 9.21 Å². The molecule has 1 N–H and O–H groups in total. The molecule has 5 heteroatoms. The lowest BCUT2D eigenvalue weighted by Crippen LogP contribution is -2.11. The molecule has 0 bridgehead atoms. The molecule has 1 aromatic carbocycles. The Morgan fingerprint density at radius 3 is 2.76 bits per heavy atom. The maximum Gasteiger partial charge on any atom is 0.291 e. The zero-order valence-corrected chi connectivity index (χ0v) is 11.3. The Morgan fingerprint density at radius 2 is 2.12 bits per heavy atom. The van der Waals surface area contributed by atoms with Gasteiger partial charge in [-0.1, -0.05) is 17.7 Å². The number of anilines is 1. The minimum Gasteiger partial charge on any atom is -0.444 e. The standard InChI is InChI=1S/C12H9BrClNO2/c1-7-2-3-8(14)9(6-7)15-12(16)10-4-5-11(13)17-10/h2-6H,1H3,(H,15,16). The summed E-state index contributed by atoms with van der Waals surface area (Å²) in [5.41, 5.74) is 1.59. The molecule has 3 nitrogen and oxygen atoms in total. The van der Waals surface area contributed by atoms with Crippen molar-refractivity contribution >= 4 is 39.1 Å². The van der Waals surface area contributed by atoms with Gasteiger partial charge in [-0.3, -0.25) is 4.79 Å². The van der Waals surface area contributed by atoms with Crippen molar-refractivity contribution in [1.82, 2.24) is 0 Å². The zero-order chi connectivity index (χ0) is 12.4. The van der Waals surface area contributed by atoms with E-state index < -0.39 is 0 Å². The summed E-state index contributed by atoms with van der Waals surface area (Å²) in [6.45, 7) is 1.93. The number of hydrogen-bond donors (Lipinski definition) is 1. The van der Waals surface area contributed by atoms with Crippen LogP contribution < -0.4 is 5.32 Å². The lowest BCUT2D eigenvalue weighted by Gasteiger charge is -2.06. The van der Waals surface area contributed by atoms with Gasteiger partial charge in [-0.15, -0.1) is 0 Å². The van der Waals surface area contributed by atoms with Crippen molar-refractivity contribution in [2.45, 2.75) is 6.92 Å². The molecule has 0 spiro atoms.